The summed E-state index contributed by atoms with van der Waals surface area (Å²) in [7, 11) is 1.47. The summed E-state index contributed by atoms with van der Waals surface area (Å²) in [5, 5.41) is 11.6. The van der Waals surface area contributed by atoms with E-state index in [1.807, 2.05) is 6.92 Å². The second-order valence-electron chi connectivity index (χ2n) is 4.62. The Hall–Kier alpha value is -2.50. The van der Waals surface area contributed by atoms with Crippen LogP contribution in [-0.4, -0.2) is 36.7 Å². The second kappa shape index (κ2) is 8.71. The minimum atomic E-state index is -1.05. The van der Waals surface area contributed by atoms with Gasteiger partial charge in [-0.3, -0.25) is 4.79 Å². The molecule has 1 rings (SSSR count). The van der Waals surface area contributed by atoms with Crippen LogP contribution in [-0.2, 0) is 4.79 Å². The number of amides is 1. The Morgan fingerprint density at radius 1 is 1.41 bits per heavy atom. The summed E-state index contributed by atoms with van der Waals surface area (Å²) in [6, 6.07) is 3.77. The largest absolute Gasteiger partial charge is 0.493 e. The van der Waals surface area contributed by atoms with Gasteiger partial charge in [0.15, 0.2) is 11.5 Å². The first-order valence-electron chi connectivity index (χ1n) is 6.98. The lowest BCUT2D eigenvalue weighted by Gasteiger charge is -2.15. The highest BCUT2D eigenvalue weighted by Crippen LogP contribution is 2.28. The molecule has 0 heterocycles. The van der Waals surface area contributed by atoms with Crippen molar-refractivity contribution in [1.29, 1.82) is 0 Å². The Morgan fingerprint density at radius 3 is 2.68 bits per heavy atom. The van der Waals surface area contributed by atoms with Gasteiger partial charge in [0, 0.05) is 5.56 Å². The van der Waals surface area contributed by atoms with E-state index in [-0.39, 0.29) is 0 Å². The van der Waals surface area contributed by atoms with Gasteiger partial charge >= 0.3 is 5.97 Å². The molecule has 0 aliphatic rings. The molecule has 0 aromatic heterocycles. The maximum atomic E-state index is 12.1. The molecule has 120 valence electrons. The van der Waals surface area contributed by atoms with Crippen LogP contribution in [0.1, 0.15) is 30.1 Å². The molecule has 0 spiro atoms. The van der Waals surface area contributed by atoms with Crippen LogP contribution in [0.15, 0.2) is 30.9 Å². The van der Waals surface area contributed by atoms with E-state index < -0.39 is 17.9 Å². The molecule has 6 heteroatoms. The molecule has 22 heavy (non-hydrogen) atoms. The first-order valence-corrected chi connectivity index (χ1v) is 6.98. The molecule has 6 nitrogen and oxygen atoms in total. The third-order valence-corrected chi connectivity index (χ3v) is 2.96. The zero-order chi connectivity index (χ0) is 16.5. The fourth-order valence-electron chi connectivity index (χ4n) is 1.86. The first-order chi connectivity index (χ1) is 10.5. The second-order valence-corrected chi connectivity index (χ2v) is 4.62. The predicted octanol–water partition coefficient (Wildman–Crippen LogP) is 2.24. The number of rotatable bonds is 9. The summed E-state index contributed by atoms with van der Waals surface area (Å²) in [5.74, 6) is -0.623. The summed E-state index contributed by atoms with van der Waals surface area (Å²) in [6.07, 6.45) is 2.63. The summed E-state index contributed by atoms with van der Waals surface area (Å²) in [5.41, 5.74) is 0.310. The van der Waals surface area contributed by atoms with Crippen molar-refractivity contribution >= 4 is 11.9 Å². The van der Waals surface area contributed by atoms with E-state index in [4.69, 9.17) is 14.6 Å². The average molecular weight is 307 g/mol. The monoisotopic (exact) mass is 307 g/mol. The van der Waals surface area contributed by atoms with Gasteiger partial charge in [0.25, 0.3) is 5.91 Å². The fraction of sp³-hybridized carbons (Fsp3) is 0.375. The maximum Gasteiger partial charge on any atom is 0.326 e. The lowest BCUT2D eigenvalue weighted by Crippen LogP contribution is -2.40. The third-order valence-electron chi connectivity index (χ3n) is 2.96. The number of aliphatic carboxylic acids is 1. The topological polar surface area (TPSA) is 84.9 Å². The van der Waals surface area contributed by atoms with Crippen LogP contribution in [0.5, 0.6) is 11.5 Å². The standard InChI is InChI=1S/C16H21NO5/c1-4-6-12(16(19)20)17-15(18)11-7-8-13(22-9-5-2)14(10-11)21-3/h5,7-8,10,12H,2,4,6,9H2,1,3H3,(H,17,18)(H,19,20). The van der Waals surface area contributed by atoms with Gasteiger partial charge in [-0.15, -0.1) is 0 Å². The highest BCUT2D eigenvalue weighted by molar-refractivity contribution is 5.97. The van der Waals surface area contributed by atoms with Crippen molar-refractivity contribution in [3.63, 3.8) is 0 Å². The molecule has 0 saturated heterocycles. The Kier molecular flexibility index (Phi) is 6.95. The van der Waals surface area contributed by atoms with Gasteiger partial charge in [-0.05, 0) is 24.6 Å². The van der Waals surface area contributed by atoms with Gasteiger partial charge in [-0.25, -0.2) is 4.79 Å². The molecule has 1 unspecified atom stereocenters. The molecular formula is C16H21NO5. The zero-order valence-electron chi connectivity index (χ0n) is 12.8. The number of carboxylic acids is 1. The molecule has 1 atom stereocenters. The van der Waals surface area contributed by atoms with Gasteiger partial charge in [-0.2, -0.15) is 0 Å². The number of nitrogens with one attached hydrogen (secondary N) is 1. The maximum absolute atomic E-state index is 12.1. The van der Waals surface area contributed by atoms with Gasteiger partial charge in [0.2, 0.25) is 0 Å². The van der Waals surface area contributed by atoms with E-state index in [9.17, 15) is 9.59 Å². The highest BCUT2D eigenvalue weighted by atomic mass is 16.5. The van der Waals surface area contributed by atoms with E-state index in [2.05, 4.69) is 11.9 Å². The number of methoxy groups -OCH3 is 1. The molecule has 1 aromatic rings. The SMILES string of the molecule is C=CCOc1ccc(C(=O)NC(CCC)C(=O)O)cc1OC. The Bertz CT molecular complexity index is 541. The van der Waals surface area contributed by atoms with Crippen LogP contribution in [0.25, 0.3) is 0 Å². The smallest absolute Gasteiger partial charge is 0.326 e. The van der Waals surface area contributed by atoms with E-state index in [1.165, 1.54) is 13.2 Å². The molecule has 0 bridgehead atoms. The first kappa shape index (κ1) is 17.6. The van der Waals surface area contributed by atoms with Crippen molar-refractivity contribution in [3.05, 3.63) is 36.4 Å². The quantitative estimate of drug-likeness (QED) is 0.683. The third kappa shape index (κ3) is 4.80. The van der Waals surface area contributed by atoms with Crippen LogP contribution in [0.2, 0.25) is 0 Å². The lowest BCUT2D eigenvalue weighted by atomic mass is 10.1. The molecule has 1 aromatic carbocycles. The van der Waals surface area contributed by atoms with Gasteiger partial charge in [0.05, 0.1) is 7.11 Å². The number of hydrogen-bond donors (Lipinski definition) is 2. The summed E-state index contributed by atoms with van der Waals surface area (Å²) in [4.78, 5) is 23.2. The van der Waals surface area contributed by atoms with E-state index in [0.717, 1.165) is 0 Å². The zero-order valence-corrected chi connectivity index (χ0v) is 12.8. The Morgan fingerprint density at radius 2 is 2.14 bits per heavy atom. The molecule has 0 saturated carbocycles. The number of hydrogen-bond acceptors (Lipinski definition) is 4. The Balaban J connectivity index is 2.89. The summed E-state index contributed by atoms with van der Waals surface area (Å²) in [6.45, 7) is 5.74. The molecule has 0 fully saturated rings. The predicted molar refractivity (Wildman–Crippen MR) is 82.5 cm³/mol. The molecule has 0 aliphatic carbocycles. The van der Waals surface area contributed by atoms with E-state index in [0.29, 0.717) is 36.5 Å². The summed E-state index contributed by atoms with van der Waals surface area (Å²) < 4.78 is 10.6. The minimum absolute atomic E-state index is 0.310. The number of ether oxygens (including phenoxy) is 2. The molecular weight excluding hydrogens is 286 g/mol. The number of carbonyl (C=O) groups excluding carboxylic acids is 1. The van der Waals surface area contributed by atoms with Crippen molar-refractivity contribution in [2.24, 2.45) is 0 Å². The van der Waals surface area contributed by atoms with Crippen LogP contribution < -0.4 is 14.8 Å². The average Bonchev–Trinajstić information content (AvgIpc) is 2.51. The minimum Gasteiger partial charge on any atom is -0.493 e. The van der Waals surface area contributed by atoms with Crippen molar-refractivity contribution < 1.29 is 24.2 Å². The van der Waals surface area contributed by atoms with Crippen LogP contribution in [0.4, 0.5) is 0 Å². The number of benzene rings is 1. The number of carbonyl (C=O) groups is 2. The summed E-state index contributed by atoms with van der Waals surface area (Å²) >= 11 is 0. The highest BCUT2D eigenvalue weighted by Gasteiger charge is 2.20. The van der Waals surface area contributed by atoms with Gasteiger partial charge < -0.3 is 19.9 Å². The van der Waals surface area contributed by atoms with Crippen molar-refractivity contribution in [2.75, 3.05) is 13.7 Å². The molecule has 2 N–H and O–H groups in total. The lowest BCUT2D eigenvalue weighted by molar-refractivity contribution is -0.139. The van der Waals surface area contributed by atoms with Gasteiger partial charge in [-0.1, -0.05) is 26.0 Å². The Labute approximate surface area is 129 Å². The number of carboxylic acid groups (broad SMARTS) is 1. The molecule has 0 aliphatic heterocycles. The van der Waals surface area contributed by atoms with Crippen LogP contribution >= 0.6 is 0 Å². The van der Waals surface area contributed by atoms with Crippen LogP contribution in [0.3, 0.4) is 0 Å². The van der Waals surface area contributed by atoms with E-state index in [1.54, 1.807) is 18.2 Å². The van der Waals surface area contributed by atoms with Crippen molar-refractivity contribution in [2.45, 2.75) is 25.8 Å². The fourth-order valence-corrected chi connectivity index (χ4v) is 1.86. The van der Waals surface area contributed by atoms with Gasteiger partial charge in [0.1, 0.15) is 12.6 Å². The normalized spacial score (nSPS) is 11.4. The van der Waals surface area contributed by atoms with Crippen molar-refractivity contribution in [3.8, 4) is 11.5 Å². The van der Waals surface area contributed by atoms with Crippen molar-refractivity contribution in [1.82, 2.24) is 5.32 Å². The van der Waals surface area contributed by atoms with E-state index >= 15 is 0 Å². The molecule has 0 radical (unpaired) electrons. The molecule has 1 amide bonds. The van der Waals surface area contributed by atoms with Crippen LogP contribution in [0, 0.1) is 0 Å².